The van der Waals surface area contributed by atoms with E-state index >= 15 is 0 Å². The Balaban J connectivity index is 1.37. The van der Waals surface area contributed by atoms with E-state index in [2.05, 4.69) is 16.8 Å². The van der Waals surface area contributed by atoms with E-state index in [0.29, 0.717) is 25.6 Å². The molecule has 3 aliphatic rings. The molecule has 0 N–H and O–H groups in total. The zero-order valence-corrected chi connectivity index (χ0v) is 17.0. The smallest absolute Gasteiger partial charge is 0.253 e. The van der Waals surface area contributed by atoms with Crippen molar-refractivity contribution in [3.63, 3.8) is 0 Å². The number of benzene rings is 1. The van der Waals surface area contributed by atoms with Crippen LogP contribution in [0.4, 0.5) is 0 Å². The van der Waals surface area contributed by atoms with Crippen molar-refractivity contribution in [2.24, 2.45) is 11.8 Å². The maximum Gasteiger partial charge on any atom is 0.253 e. The maximum atomic E-state index is 13.3. The number of carbonyl (C=O) groups excluding carboxylic acids is 2. The molecule has 2 bridgehead atoms. The molecule has 4 rings (SSSR count). The summed E-state index contributed by atoms with van der Waals surface area (Å²) >= 11 is 0. The van der Waals surface area contributed by atoms with Crippen LogP contribution in [0, 0.1) is 18.8 Å². The fraction of sp³-hybridized carbons (Fsp3) is 0.636. The monoisotopic (exact) mass is 385 g/mol. The summed E-state index contributed by atoms with van der Waals surface area (Å²) in [6.45, 7) is 7.38. The fourth-order valence-electron chi connectivity index (χ4n) is 4.79. The number of ether oxygens (including phenoxy) is 1. The van der Waals surface area contributed by atoms with Crippen LogP contribution >= 0.6 is 0 Å². The van der Waals surface area contributed by atoms with Crippen molar-refractivity contribution >= 4 is 11.8 Å². The van der Waals surface area contributed by atoms with Gasteiger partial charge in [0.15, 0.2) is 0 Å². The van der Waals surface area contributed by atoms with Crippen LogP contribution in [0.25, 0.3) is 0 Å². The zero-order chi connectivity index (χ0) is 19.7. The lowest BCUT2D eigenvalue weighted by atomic mass is 9.93. The lowest BCUT2D eigenvalue weighted by molar-refractivity contribution is -0.139. The molecule has 2 amide bonds. The number of fused-ring (bicyclic) bond motifs is 3. The van der Waals surface area contributed by atoms with E-state index in [9.17, 15) is 9.59 Å². The molecule has 3 heterocycles. The van der Waals surface area contributed by atoms with Gasteiger partial charge in [-0.3, -0.25) is 9.59 Å². The Kier molecular flexibility index (Phi) is 5.69. The van der Waals surface area contributed by atoms with Gasteiger partial charge in [0.25, 0.3) is 5.91 Å². The second-order valence-corrected chi connectivity index (χ2v) is 8.70. The Morgan fingerprint density at radius 3 is 2.43 bits per heavy atom. The Hall–Kier alpha value is -1.92. The fourth-order valence-corrected chi connectivity index (χ4v) is 4.79. The van der Waals surface area contributed by atoms with Crippen molar-refractivity contribution in [2.45, 2.75) is 25.8 Å². The standard InChI is InChI=1S/C22H31N3O3/c1-16-3-5-18(6-4-16)21(26)24-9-7-19(8-10-24)22(27)25-12-17-11-23(2)13-20(25)15-28-14-17/h3-6,17,19-20H,7-15H2,1-2H3/t17-,20-/m0/s1. The first-order chi connectivity index (χ1) is 13.5. The summed E-state index contributed by atoms with van der Waals surface area (Å²) < 4.78 is 5.81. The van der Waals surface area contributed by atoms with Crippen molar-refractivity contribution in [2.75, 3.05) is 53.0 Å². The molecule has 6 nitrogen and oxygen atoms in total. The number of hydrogen-bond donors (Lipinski definition) is 0. The lowest BCUT2D eigenvalue weighted by Crippen LogP contribution is -2.50. The predicted molar refractivity (Wildman–Crippen MR) is 107 cm³/mol. The van der Waals surface area contributed by atoms with Gasteiger partial charge in [0, 0.05) is 50.1 Å². The first kappa shape index (κ1) is 19.4. The van der Waals surface area contributed by atoms with Crippen molar-refractivity contribution in [3.8, 4) is 0 Å². The summed E-state index contributed by atoms with van der Waals surface area (Å²) in [5.74, 6) is 0.751. The predicted octanol–water partition coefficient (Wildman–Crippen LogP) is 1.64. The highest BCUT2D eigenvalue weighted by atomic mass is 16.5. The second-order valence-electron chi connectivity index (χ2n) is 8.70. The van der Waals surface area contributed by atoms with E-state index in [1.54, 1.807) is 0 Å². The first-order valence-electron chi connectivity index (χ1n) is 10.4. The summed E-state index contributed by atoms with van der Waals surface area (Å²) in [6.07, 6.45) is 1.50. The molecule has 3 fully saturated rings. The van der Waals surface area contributed by atoms with Crippen LogP contribution in [0.2, 0.25) is 0 Å². The van der Waals surface area contributed by atoms with Gasteiger partial charge in [-0.2, -0.15) is 0 Å². The zero-order valence-electron chi connectivity index (χ0n) is 17.0. The molecule has 1 aromatic carbocycles. The third kappa shape index (κ3) is 4.08. The Morgan fingerprint density at radius 2 is 1.71 bits per heavy atom. The first-order valence-corrected chi connectivity index (χ1v) is 10.4. The normalized spacial score (nSPS) is 26.8. The molecule has 0 unspecified atom stereocenters. The van der Waals surface area contributed by atoms with Crippen molar-refractivity contribution in [1.82, 2.24) is 14.7 Å². The van der Waals surface area contributed by atoms with Gasteiger partial charge in [-0.1, -0.05) is 17.7 Å². The SMILES string of the molecule is Cc1ccc(C(=O)N2CCC(C(=O)N3C[C@H]4COC[C@@H]3CN(C)C4)CC2)cc1. The minimum atomic E-state index is 0.0201. The minimum absolute atomic E-state index is 0.0201. The van der Waals surface area contributed by atoms with Gasteiger partial charge < -0.3 is 19.4 Å². The molecular weight excluding hydrogens is 354 g/mol. The van der Waals surface area contributed by atoms with Crippen LogP contribution in [-0.2, 0) is 9.53 Å². The maximum absolute atomic E-state index is 13.3. The molecule has 2 atom stereocenters. The Morgan fingerprint density at radius 1 is 1.00 bits per heavy atom. The lowest BCUT2D eigenvalue weighted by Gasteiger charge is -2.36. The van der Waals surface area contributed by atoms with Gasteiger partial charge >= 0.3 is 0 Å². The van der Waals surface area contributed by atoms with Gasteiger partial charge in [-0.25, -0.2) is 0 Å². The third-order valence-electron chi connectivity index (χ3n) is 6.36. The highest BCUT2D eigenvalue weighted by Crippen LogP contribution is 2.26. The van der Waals surface area contributed by atoms with E-state index in [1.165, 1.54) is 0 Å². The number of carbonyl (C=O) groups is 2. The van der Waals surface area contributed by atoms with Crippen LogP contribution in [0.3, 0.4) is 0 Å². The third-order valence-corrected chi connectivity index (χ3v) is 6.36. The molecule has 0 spiro atoms. The number of rotatable bonds is 2. The van der Waals surface area contributed by atoms with E-state index in [-0.39, 0.29) is 23.8 Å². The van der Waals surface area contributed by atoms with E-state index < -0.39 is 0 Å². The van der Waals surface area contributed by atoms with Gasteiger partial charge in [-0.15, -0.1) is 0 Å². The number of likely N-dealkylation sites (tertiary alicyclic amines) is 1. The number of piperidine rings is 1. The average molecular weight is 386 g/mol. The summed E-state index contributed by atoms with van der Waals surface area (Å²) in [6, 6.07) is 7.88. The Bertz CT molecular complexity index is 712. The number of nitrogens with zero attached hydrogens (tertiary/aromatic N) is 3. The second kappa shape index (κ2) is 8.21. The number of hydrogen-bond acceptors (Lipinski definition) is 4. The van der Waals surface area contributed by atoms with Crippen LogP contribution in [0.5, 0.6) is 0 Å². The van der Waals surface area contributed by atoms with Crippen molar-refractivity contribution < 1.29 is 14.3 Å². The van der Waals surface area contributed by atoms with Crippen LogP contribution < -0.4 is 0 Å². The van der Waals surface area contributed by atoms with Crippen LogP contribution in [0.15, 0.2) is 24.3 Å². The van der Waals surface area contributed by atoms with E-state index in [1.807, 2.05) is 36.1 Å². The largest absolute Gasteiger partial charge is 0.379 e. The van der Waals surface area contributed by atoms with Gasteiger partial charge in [-0.05, 0) is 38.9 Å². The van der Waals surface area contributed by atoms with E-state index in [4.69, 9.17) is 4.74 Å². The molecular formula is C22H31N3O3. The molecule has 6 heteroatoms. The van der Waals surface area contributed by atoms with Crippen molar-refractivity contribution in [1.29, 1.82) is 0 Å². The van der Waals surface area contributed by atoms with Crippen molar-refractivity contribution in [3.05, 3.63) is 35.4 Å². The number of amides is 2. The van der Waals surface area contributed by atoms with Gasteiger partial charge in [0.05, 0.1) is 19.3 Å². The summed E-state index contributed by atoms with van der Waals surface area (Å²) in [7, 11) is 2.13. The minimum Gasteiger partial charge on any atom is -0.379 e. The quantitative estimate of drug-likeness (QED) is 0.777. The van der Waals surface area contributed by atoms with E-state index in [0.717, 1.165) is 50.2 Å². The summed E-state index contributed by atoms with van der Waals surface area (Å²) in [5, 5.41) is 0. The number of likely N-dealkylation sites (N-methyl/N-ethyl adjacent to an activating group) is 1. The van der Waals surface area contributed by atoms with Crippen LogP contribution in [0.1, 0.15) is 28.8 Å². The highest BCUT2D eigenvalue weighted by Gasteiger charge is 2.38. The molecule has 0 saturated carbocycles. The highest BCUT2D eigenvalue weighted by molar-refractivity contribution is 5.94. The van der Waals surface area contributed by atoms with Gasteiger partial charge in [0.2, 0.25) is 5.91 Å². The topological polar surface area (TPSA) is 53.1 Å². The molecule has 152 valence electrons. The molecule has 1 aromatic rings. The summed E-state index contributed by atoms with van der Waals surface area (Å²) in [5.41, 5.74) is 1.88. The molecule has 0 radical (unpaired) electrons. The Labute approximate surface area is 167 Å². The molecule has 0 aliphatic carbocycles. The average Bonchev–Trinajstić information content (AvgIpc) is 2.98. The molecule has 3 aliphatic heterocycles. The molecule has 3 saturated heterocycles. The molecule has 28 heavy (non-hydrogen) atoms. The molecule has 0 aromatic heterocycles. The summed E-state index contributed by atoms with van der Waals surface area (Å²) in [4.78, 5) is 32.3. The number of aryl methyl sites for hydroxylation is 1. The van der Waals surface area contributed by atoms with Crippen LogP contribution in [-0.4, -0.2) is 85.5 Å². The van der Waals surface area contributed by atoms with Gasteiger partial charge in [0.1, 0.15) is 0 Å².